The fourth-order valence-electron chi connectivity index (χ4n) is 3.40. The number of unbranched alkanes of at least 4 members (excludes halogenated alkanes) is 2. The van der Waals surface area contributed by atoms with E-state index in [4.69, 9.17) is 15.2 Å². The number of aryl methyl sites for hydroxylation is 1. The van der Waals surface area contributed by atoms with Crippen molar-refractivity contribution in [1.82, 2.24) is 9.97 Å². The number of esters is 1. The molecule has 0 aliphatic carbocycles. The summed E-state index contributed by atoms with van der Waals surface area (Å²) in [6, 6.07) is 5.78. The van der Waals surface area contributed by atoms with Crippen LogP contribution in [0, 0.1) is 0 Å². The topological polar surface area (TPSA) is 99.4 Å². The van der Waals surface area contributed by atoms with Crippen molar-refractivity contribution in [3.05, 3.63) is 40.6 Å². The number of rotatable bonds is 12. The van der Waals surface area contributed by atoms with Crippen LogP contribution in [-0.2, 0) is 28.8 Å². The van der Waals surface area contributed by atoms with Crippen molar-refractivity contribution in [2.45, 2.75) is 59.3 Å². The molecule has 0 bridgehead atoms. The van der Waals surface area contributed by atoms with Crippen LogP contribution in [-0.4, -0.2) is 36.2 Å². The summed E-state index contributed by atoms with van der Waals surface area (Å²) in [5, 5.41) is 3.44. The predicted molar refractivity (Wildman–Crippen MR) is 120 cm³/mol. The fraction of sp³-hybridized carbons (Fsp3) is 0.522. The first-order chi connectivity index (χ1) is 14.5. The van der Waals surface area contributed by atoms with Gasteiger partial charge in [-0.2, -0.15) is 4.98 Å². The zero-order valence-corrected chi connectivity index (χ0v) is 18.6. The van der Waals surface area contributed by atoms with Crippen LogP contribution in [0.2, 0.25) is 0 Å². The molecule has 0 spiro atoms. The number of ether oxygens (including phenoxy) is 2. The number of benzene rings is 1. The van der Waals surface area contributed by atoms with Gasteiger partial charge in [0, 0.05) is 18.5 Å². The monoisotopic (exact) mass is 414 g/mol. The zero-order valence-electron chi connectivity index (χ0n) is 18.6. The van der Waals surface area contributed by atoms with Gasteiger partial charge in [-0.3, -0.25) is 4.79 Å². The third-order valence-electron chi connectivity index (χ3n) is 4.88. The van der Waals surface area contributed by atoms with Crippen LogP contribution in [0.5, 0.6) is 5.75 Å². The Morgan fingerprint density at radius 2 is 1.97 bits per heavy atom. The van der Waals surface area contributed by atoms with Crippen LogP contribution in [0.25, 0.3) is 0 Å². The van der Waals surface area contributed by atoms with E-state index in [0.717, 1.165) is 66.2 Å². The maximum Gasteiger partial charge on any atom is 0.310 e. The lowest BCUT2D eigenvalue weighted by Gasteiger charge is -2.17. The normalized spacial score (nSPS) is 10.7. The number of anilines is 2. The second-order valence-electron chi connectivity index (χ2n) is 7.15. The Kier molecular flexibility index (Phi) is 9.38. The summed E-state index contributed by atoms with van der Waals surface area (Å²) in [7, 11) is 1.65. The van der Waals surface area contributed by atoms with Gasteiger partial charge in [0.2, 0.25) is 5.95 Å². The zero-order chi connectivity index (χ0) is 21.9. The molecule has 0 aliphatic heterocycles. The van der Waals surface area contributed by atoms with E-state index in [2.05, 4.69) is 29.1 Å². The van der Waals surface area contributed by atoms with Crippen LogP contribution in [0.1, 0.15) is 62.4 Å². The maximum atomic E-state index is 11.9. The molecule has 0 fully saturated rings. The van der Waals surface area contributed by atoms with Crippen molar-refractivity contribution < 1.29 is 14.3 Å². The summed E-state index contributed by atoms with van der Waals surface area (Å²) >= 11 is 0. The third-order valence-corrected chi connectivity index (χ3v) is 4.88. The number of nitrogens with zero attached hydrogens (tertiary/aromatic N) is 2. The molecule has 1 heterocycles. The summed E-state index contributed by atoms with van der Waals surface area (Å²) in [6.07, 6.45) is 4.94. The number of nitrogens with one attached hydrogen (secondary N) is 1. The molecule has 0 unspecified atom stereocenters. The predicted octanol–water partition coefficient (Wildman–Crippen LogP) is 3.93. The molecule has 0 radical (unpaired) electrons. The largest absolute Gasteiger partial charge is 0.496 e. The minimum Gasteiger partial charge on any atom is -0.496 e. The van der Waals surface area contributed by atoms with Gasteiger partial charge in [0.05, 0.1) is 25.8 Å². The highest BCUT2D eigenvalue weighted by Crippen LogP contribution is 2.28. The summed E-state index contributed by atoms with van der Waals surface area (Å²) in [4.78, 5) is 20.8. The van der Waals surface area contributed by atoms with Crippen LogP contribution < -0.4 is 15.8 Å². The lowest BCUT2D eigenvalue weighted by Crippen LogP contribution is -2.13. The average molecular weight is 415 g/mol. The minimum atomic E-state index is -0.239. The molecule has 3 N–H and O–H groups in total. The Balaban J connectivity index is 2.35. The van der Waals surface area contributed by atoms with Gasteiger partial charge in [-0.1, -0.05) is 38.8 Å². The summed E-state index contributed by atoms with van der Waals surface area (Å²) in [5.74, 6) is 1.57. The van der Waals surface area contributed by atoms with Gasteiger partial charge in [-0.15, -0.1) is 0 Å². The molecule has 0 aliphatic rings. The van der Waals surface area contributed by atoms with E-state index in [9.17, 15) is 4.79 Å². The van der Waals surface area contributed by atoms with E-state index in [0.29, 0.717) is 13.0 Å². The first-order valence-electron chi connectivity index (χ1n) is 10.7. The molecule has 2 rings (SSSR count). The number of carbonyl (C=O) groups excluding carboxylic acids is 1. The van der Waals surface area contributed by atoms with Crippen LogP contribution >= 0.6 is 0 Å². The highest BCUT2D eigenvalue weighted by Gasteiger charge is 2.16. The molecule has 1 aromatic heterocycles. The number of hydrogen-bond donors (Lipinski definition) is 2. The van der Waals surface area contributed by atoms with Gasteiger partial charge in [-0.25, -0.2) is 4.98 Å². The Bertz CT molecular complexity index is 839. The lowest BCUT2D eigenvalue weighted by molar-refractivity contribution is -0.142. The highest BCUT2D eigenvalue weighted by atomic mass is 16.5. The van der Waals surface area contributed by atoms with E-state index in [-0.39, 0.29) is 18.3 Å². The summed E-state index contributed by atoms with van der Waals surface area (Å²) in [6.45, 7) is 7.25. The third kappa shape index (κ3) is 6.61. The van der Waals surface area contributed by atoms with Crippen molar-refractivity contribution in [2.24, 2.45) is 0 Å². The lowest BCUT2D eigenvalue weighted by atomic mass is 9.98. The van der Waals surface area contributed by atoms with Gasteiger partial charge in [0.1, 0.15) is 11.6 Å². The first-order valence-corrected chi connectivity index (χ1v) is 10.7. The van der Waals surface area contributed by atoms with Crippen molar-refractivity contribution >= 4 is 17.7 Å². The molecule has 7 heteroatoms. The van der Waals surface area contributed by atoms with Crippen molar-refractivity contribution in [2.75, 3.05) is 31.3 Å². The van der Waals surface area contributed by atoms with Gasteiger partial charge in [-0.05, 0) is 37.0 Å². The highest BCUT2D eigenvalue weighted by molar-refractivity contribution is 5.72. The van der Waals surface area contributed by atoms with E-state index < -0.39 is 0 Å². The number of nitrogens with two attached hydrogens (primary N) is 1. The Morgan fingerprint density at radius 1 is 1.17 bits per heavy atom. The summed E-state index contributed by atoms with van der Waals surface area (Å²) in [5.41, 5.74) is 9.73. The number of hydrogen-bond acceptors (Lipinski definition) is 7. The SMILES string of the molecule is CCCCCNc1nc(N)nc(CC)c1Cc1cc(CC(=O)OCC)ccc1OC. The van der Waals surface area contributed by atoms with E-state index in [1.54, 1.807) is 14.0 Å². The molecule has 0 amide bonds. The standard InChI is InChI=1S/C23H34N4O3/c1-5-8-9-12-25-22-18(19(6-2)26-23(24)27-22)15-17-13-16(10-11-20(17)29-4)14-21(28)30-7-3/h10-11,13H,5-9,12,14-15H2,1-4H3,(H3,24,25,26,27). The molecule has 0 saturated heterocycles. The van der Waals surface area contributed by atoms with E-state index in [1.165, 1.54) is 0 Å². The van der Waals surface area contributed by atoms with E-state index in [1.807, 2.05) is 18.2 Å². The average Bonchev–Trinajstić information content (AvgIpc) is 2.73. The van der Waals surface area contributed by atoms with Crippen molar-refractivity contribution in [1.29, 1.82) is 0 Å². The summed E-state index contributed by atoms with van der Waals surface area (Å²) < 4.78 is 10.7. The van der Waals surface area contributed by atoms with Crippen LogP contribution in [0.15, 0.2) is 18.2 Å². The number of aromatic nitrogens is 2. The maximum absolute atomic E-state index is 11.9. The molecule has 0 atom stereocenters. The number of nitrogen functional groups attached to an aromatic ring is 1. The smallest absolute Gasteiger partial charge is 0.310 e. The Hall–Kier alpha value is -2.83. The van der Waals surface area contributed by atoms with Gasteiger partial charge >= 0.3 is 5.97 Å². The molecule has 30 heavy (non-hydrogen) atoms. The molecule has 0 saturated carbocycles. The minimum absolute atomic E-state index is 0.228. The molecule has 7 nitrogen and oxygen atoms in total. The second-order valence-corrected chi connectivity index (χ2v) is 7.15. The van der Waals surface area contributed by atoms with Gasteiger partial charge in [0.15, 0.2) is 0 Å². The number of methoxy groups -OCH3 is 1. The van der Waals surface area contributed by atoms with Crippen LogP contribution in [0.4, 0.5) is 11.8 Å². The molecular weight excluding hydrogens is 380 g/mol. The Morgan fingerprint density at radius 3 is 2.63 bits per heavy atom. The molecule has 1 aromatic carbocycles. The van der Waals surface area contributed by atoms with Crippen LogP contribution in [0.3, 0.4) is 0 Å². The second kappa shape index (κ2) is 12.0. The van der Waals surface area contributed by atoms with Gasteiger partial charge < -0.3 is 20.5 Å². The van der Waals surface area contributed by atoms with Crippen molar-refractivity contribution in [3.8, 4) is 5.75 Å². The van der Waals surface area contributed by atoms with Gasteiger partial charge in [0.25, 0.3) is 0 Å². The fourth-order valence-corrected chi connectivity index (χ4v) is 3.40. The number of carbonyl (C=O) groups is 1. The Labute approximate surface area is 179 Å². The van der Waals surface area contributed by atoms with E-state index >= 15 is 0 Å². The molecule has 2 aromatic rings. The first kappa shape index (κ1) is 23.4. The molecule has 164 valence electrons. The quantitative estimate of drug-likeness (QED) is 0.401. The molecular formula is C23H34N4O3. The van der Waals surface area contributed by atoms with Crippen molar-refractivity contribution in [3.63, 3.8) is 0 Å².